The van der Waals surface area contributed by atoms with Crippen molar-refractivity contribution in [2.45, 2.75) is 20.8 Å². The van der Waals surface area contributed by atoms with Crippen molar-refractivity contribution in [1.29, 1.82) is 0 Å². The van der Waals surface area contributed by atoms with E-state index in [1.165, 1.54) is 61.2 Å². The molecule has 23 aromatic rings. The molecule has 9 nitrogen and oxygen atoms in total. The fourth-order valence-corrected chi connectivity index (χ4v) is 17.6. The third-order valence-corrected chi connectivity index (χ3v) is 25.2. The summed E-state index contributed by atoms with van der Waals surface area (Å²) < 4.78 is 0. The molecule has 20 aromatic carbocycles. The lowest BCUT2D eigenvalue weighted by Gasteiger charge is -2.15. The molecule has 141 heavy (non-hydrogen) atoms. The second kappa shape index (κ2) is 41.7. The number of benzene rings is 20. The molecule has 0 aliphatic rings. The van der Waals surface area contributed by atoms with E-state index >= 15 is 0 Å². The van der Waals surface area contributed by atoms with Crippen LogP contribution in [0.1, 0.15) is 16.7 Å². The first-order valence-electron chi connectivity index (χ1n) is 47.5. The van der Waals surface area contributed by atoms with Gasteiger partial charge in [-0.3, -0.25) is 0 Å². The Morgan fingerprint density at radius 3 is 0.390 bits per heavy atom. The highest BCUT2D eigenvalue weighted by molar-refractivity contribution is 5.89. The summed E-state index contributed by atoms with van der Waals surface area (Å²) in [5.41, 5.74) is 37.4. The normalized spacial score (nSPS) is 10.9. The highest BCUT2D eigenvalue weighted by Gasteiger charge is 2.22. The molecule has 0 N–H and O–H groups in total. The van der Waals surface area contributed by atoms with Crippen LogP contribution in [-0.4, -0.2) is 44.9 Å². The first-order chi connectivity index (χ1) is 69.5. The van der Waals surface area contributed by atoms with Crippen molar-refractivity contribution in [2.75, 3.05) is 0 Å². The van der Waals surface area contributed by atoms with Crippen LogP contribution in [0.4, 0.5) is 0 Å². The predicted molar refractivity (Wildman–Crippen MR) is 582 cm³/mol. The van der Waals surface area contributed by atoms with Gasteiger partial charge in [0, 0.05) is 50.1 Å². The topological polar surface area (TPSA) is 116 Å². The van der Waals surface area contributed by atoms with Gasteiger partial charge in [0.25, 0.3) is 0 Å². The first-order valence-corrected chi connectivity index (χ1v) is 47.5. The molecular formula is C132H95N9. The van der Waals surface area contributed by atoms with Gasteiger partial charge >= 0.3 is 0 Å². The van der Waals surface area contributed by atoms with Gasteiger partial charge in [-0.2, -0.15) is 0 Å². The second-order valence-electron chi connectivity index (χ2n) is 35.1. The van der Waals surface area contributed by atoms with Crippen LogP contribution in [0, 0.1) is 20.8 Å². The average Bonchev–Trinajstić information content (AvgIpc) is 0.784. The molecule has 9 heteroatoms. The number of nitrogens with zero attached hydrogens (tertiary/aromatic N) is 9. The van der Waals surface area contributed by atoms with Gasteiger partial charge in [0.05, 0.1) is 0 Å². The molecule has 0 radical (unpaired) electrons. The molecule has 0 aliphatic heterocycles. The Morgan fingerprint density at radius 2 is 0.191 bits per heavy atom. The quantitative estimate of drug-likeness (QED) is 0.0735. The van der Waals surface area contributed by atoms with Gasteiger partial charge < -0.3 is 0 Å². The summed E-state index contributed by atoms with van der Waals surface area (Å²) in [6.07, 6.45) is 0. The lowest BCUT2D eigenvalue weighted by atomic mass is 9.91. The lowest BCUT2D eigenvalue weighted by molar-refractivity contribution is 1.07. The van der Waals surface area contributed by atoms with Crippen molar-refractivity contribution < 1.29 is 0 Å². The smallest absolute Gasteiger partial charge is 0.164 e. The van der Waals surface area contributed by atoms with Crippen molar-refractivity contribution in [3.8, 4) is 225 Å². The molecule has 0 aliphatic carbocycles. The molecule has 0 unspecified atom stereocenters. The summed E-state index contributed by atoms with van der Waals surface area (Å²) in [5.74, 6) is 5.79. The van der Waals surface area contributed by atoms with Crippen LogP contribution in [0.2, 0.25) is 0 Å². The van der Waals surface area contributed by atoms with Gasteiger partial charge in [0.1, 0.15) is 0 Å². The number of rotatable bonds is 20. The zero-order valence-electron chi connectivity index (χ0n) is 78.2. The molecule has 0 fully saturated rings. The molecular weight excluding hydrogens is 1710 g/mol. The zero-order chi connectivity index (χ0) is 95.0. The Kier molecular flexibility index (Phi) is 26.3. The SMILES string of the molecule is Cc1ccc(-c2cc(-c3cc(-c4ccccc4)cc(-c4ccccc4)c3)cc(-c3nc(-c4ccccc4)nc(-c4ccccc4)n3)c2)cc1.Cc1ccc(-c2cc(-c3ccc(-c4ccc(-c5ccccc5)cc4)cc3)cc(-c3nc(-c4ccccc4)nc(-c4ccccc4)n3)c2)cc1.Cc1ccc(-c2cc(-c3cccc(-c4ccccc4)c3)cc(-c3nc(-c4ccccc4)nc(-c4ccccc4)n3)c2)cc1. The van der Waals surface area contributed by atoms with Crippen molar-refractivity contribution >= 4 is 0 Å². The van der Waals surface area contributed by atoms with Crippen LogP contribution in [0.5, 0.6) is 0 Å². The summed E-state index contributed by atoms with van der Waals surface area (Å²) in [7, 11) is 0. The van der Waals surface area contributed by atoms with E-state index in [4.69, 9.17) is 44.9 Å². The minimum Gasteiger partial charge on any atom is -0.208 e. The van der Waals surface area contributed by atoms with E-state index in [0.29, 0.717) is 52.4 Å². The summed E-state index contributed by atoms with van der Waals surface area (Å²) in [4.78, 5) is 45.1. The average molecular weight is 1810 g/mol. The van der Waals surface area contributed by atoms with Gasteiger partial charge in [-0.1, -0.05) is 460 Å². The number of aryl methyl sites for hydroxylation is 3. The maximum atomic E-state index is 5.09. The van der Waals surface area contributed by atoms with Crippen LogP contribution in [0.15, 0.2) is 522 Å². The molecule has 0 atom stereocenters. The van der Waals surface area contributed by atoms with Gasteiger partial charge in [-0.05, 0) is 222 Å². The van der Waals surface area contributed by atoms with Crippen molar-refractivity contribution in [3.05, 3.63) is 538 Å². The Morgan fingerprint density at radius 1 is 0.0851 bits per heavy atom. The van der Waals surface area contributed by atoms with Crippen LogP contribution in [0.3, 0.4) is 0 Å². The van der Waals surface area contributed by atoms with E-state index in [0.717, 1.165) is 128 Å². The van der Waals surface area contributed by atoms with E-state index in [1.807, 2.05) is 194 Å². The van der Waals surface area contributed by atoms with Crippen LogP contribution in [0.25, 0.3) is 225 Å². The Hall–Kier alpha value is -18.6. The first kappa shape index (κ1) is 89.0. The summed E-state index contributed by atoms with van der Waals surface area (Å²) in [6, 6.07) is 182. The fraction of sp³-hybridized carbons (Fsp3) is 0.0227. The van der Waals surface area contributed by atoms with Crippen molar-refractivity contribution in [2.24, 2.45) is 0 Å². The third-order valence-electron chi connectivity index (χ3n) is 25.2. The molecule has 0 saturated heterocycles. The summed E-state index contributed by atoms with van der Waals surface area (Å²) in [5, 5.41) is 0. The van der Waals surface area contributed by atoms with E-state index in [-0.39, 0.29) is 0 Å². The maximum Gasteiger partial charge on any atom is 0.164 e. The van der Waals surface area contributed by atoms with Gasteiger partial charge in [-0.25, -0.2) is 44.9 Å². The highest BCUT2D eigenvalue weighted by atomic mass is 15.1. The van der Waals surface area contributed by atoms with E-state index < -0.39 is 0 Å². The third kappa shape index (κ3) is 21.3. The molecule has 0 bridgehead atoms. The largest absolute Gasteiger partial charge is 0.208 e. The molecule has 668 valence electrons. The number of aromatic nitrogens is 9. The van der Waals surface area contributed by atoms with Gasteiger partial charge in [-0.15, -0.1) is 0 Å². The summed E-state index contributed by atoms with van der Waals surface area (Å²) in [6.45, 7) is 6.35. The second-order valence-corrected chi connectivity index (χ2v) is 35.1. The monoisotopic (exact) mass is 1810 g/mol. The molecule has 23 rings (SSSR count). The minimum absolute atomic E-state index is 0.630. The molecule has 3 heterocycles. The fourth-order valence-electron chi connectivity index (χ4n) is 17.6. The molecule has 3 aromatic heterocycles. The molecule has 0 amide bonds. The van der Waals surface area contributed by atoms with Gasteiger partial charge in [0.2, 0.25) is 0 Å². The van der Waals surface area contributed by atoms with Gasteiger partial charge in [0.15, 0.2) is 52.4 Å². The number of hydrogen-bond donors (Lipinski definition) is 0. The van der Waals surface area contributed by atoms with E-state index in [2.05, 4.69) is 348 Å². The molecule has 0 spiro atoms. The maximum absolute atomic E-state index is 5.09. The number of hydrogen-bond acceptors (Lipinski definition) is 9. The van der Waals surface area contributed by atoms with Crippen molar-refractivity contribution in [1.82, 2.24) is 44.9 Å². The highest BCUT2D eigenvalue weighted by Crippen LogP contribution is 2.42. The Balaban J connectivity index is 0.000000126. The van der Waals surface area contributed by atoms with Crippen LogP contribution < -0.4 is 0 Å². The van der Waals surface area contributed by atoms with Crippen molar-refractivity contribution in [3.63, 3.8) is 0 Å². The van der Waals surface area contributed by atoms with Crippen LogP contribution in [-0.2, 0) is 0 Å². The predicted octanol–water partition coefficient (Wildman–Crippen LogP) is 33.9. The van der Waals surface area contributed by atoms with E-state index in [1.54, 1.807) is 0 Å². The zero-order valence-corrected chi connectivity index (χ0v) is 78.2. The standard InChI is InChI=1S/2C46H33N3.C40H29N3/c1-32-22-24-35(25-23-32)40-29-42(41-27-38(33-14-6-2-7-15-33)26-39(28-41)34-16-8-3-9-17-34)31-43(30-40)46-48-44(36-18-10-4-11-19-36)47-45(49-46)37-20-12-5-13-21-37;1-32-17-19-37(20-18-32)41-29-42(38-27-25-36(26-28-38)35-23-21-34(22-24-35)33-11-5-2-6-12-33)31-43(30-41)46-48-44(39-13-7-3-8-14-39)47-45(49-46)40-15-9-4-10-16-40;1-28-20-22-30(23-21-28)35-25-36(34-19-11-18-33(24-34)29-12-5-2-6-13-29)27-37(26-35)40-42-38(31-14-7-3-8-15-31)41-39(43-40)32-16-9-4-10-17-32/h2*2-31H,1H3;2-27H,1H3. The Labute approximate surface area is 823 Å². The molecule has 0 saturated carbocycles. The van der Waals surface area contributed by atoms with Crippen LogP contribution >= 0.6 is 0 Å². The summed E-state index contributed by atoms with van der Waals surface area (Å²) >= 11 is 0. The lowest BCUT2D eigenvalue weighted by Crippen LogP contribution is -2.00. The Bertz CT molecular complexity index is 7860. The van der Waals surface area contributed by atoms with E-state index in [9.17, 15) is 0 Å². The minimum atomic E-state index is 0.630.